The third-order valence-corrected chi connectivity index (χ3v) is 8.82. The molecular formula is C32H42N6O6. The molecule has 5 rings (SSSR count). The molecule has 0 radical (unpaired) electrons. The predicted octanol–water partition coefficient (Wildman–Crippen LogP) is 3.14. The van der Waals surface area contributed by atoms with Crippen LogP contribution in [0.2, 0.25) is 0 Å². The number of fused-ring (bicyclic) bond motifs is 1. The van der Waals surface area contributed by atoms with Gasteiger partial charge < -0.3 is 29.9 Å². The van der Waals surface area contributed by atoms with Crippen molar-refractivity contribution in [3.05, 3.63) is 42.1 Å². The summed E-state index contributed by atoms with van der Waals surface area (Å²) in [5.41, 5.74) is 0.882. The van der Waals surface area contributed by atoms with E-state index in [-0.39, 0.29) is 41.4 Å². The number of hydrogen-bond acceptors (Lipinski definition) is 8. The maximum atomic E-state index is 13.7. The molecule has 0 spiro atoms. The van der Waals surface area contributed by atoms with Crippen LogP contribution in [0.1, 0.15) is 50.5 Å². The Hall–Kier alpha value is -4.22. The fourth-order valence-corrected chi connectivity index (χ4v) is 6.15. The molecule has 2 aromatic rings. The molecule has 12 nitrogen and oxygen atoms in total. The number of ether oxygens (including phenoxy) is 1. The van der Waals surface area contributed by atoms with Crippen LogP contribution in [-0.4, -0.2) is 101 Å². The van der Waals surface area contributed by atoms with Crippen LogP contribution >= 0.6 is 0 Å². The van der Waals surface area contributed by atoms with Crippen molar-refractivity contribution in [2.24, 2.45) is 23.7 Å². The average molecular weight is 607 g/mol. The summed E-state index contributed by atoms with van der Waals surface area (Å²) in [6.45, 7) is 8.79. The summed E-state index contributed by atoms with van der Waals surface area (Å²) in [5.74, 6) is -0.875. The van der Waals surface area contributed by atoms with Gasteiger partial charge in [-0.3, -0.25) is 14.4 Å². The molecule has 0 bridgehead atoms. The second-order valence-electron chi connectivity index (χ2n) is 12.2. The van der Waals surface area contributed by atoms with Crippen LogP contribution in [0.5, 0.6) is 0 Å². The van der Waals surface area contributed by atoms with Gasteiger partial charge in [-0.15, -0.1) is 0 Å². The average Bonchev–Trinajstić information content (AvgIpc) is 3.55. The number of piperidine rings is 1. The number of amides is 3. The monoisotopic (exact) mass is 606 g/mol. The van der Waals surface area contributed by atoms with Crippen LogP contribution in [0.15, 0.2) is 36.4 Å². The molecule has 1 saturated carbocycles. The Labute approximate surface area is 257 Å². The summed E-state index contributed by atoms with van der Waals surface area (Å²) in [6.07, 6.45) is 2.53. The van der Waals surface area contributed by atoms with Crippen molar-refractivity contribution in [2.45, 2.75) is 46.1 Å². The fourth-order valence-electron chi connectivity index (χ4n) is 6.15. The number of aliphatic carboxylic acids is 1. The van der Waals surface area contributed by atoms with Gasteiger partial charge in [0.1, 0.15) is 17.6 Å². The lowest BCUT2D eigenvalue weighted by molar-refractivity contribution is -0.139. The summed E-state index contributed by atoms with van der Waals surface area (Å²) >= 11 is 0. The highest BCUT2D eigenvalue weighted by molar-refractivity contribution is 5.97. The Morgan fingerprint density at radius 2 is 1.64 bits per heavy atom. The number of benzene rings is 1. The lowest BCUT2D eigenvalue weighted by Gasteiger charge is -2.36. The smallest absolute Gasteiger partial charge is 0.409 e. The summed E-state index contributed by atoms with van der Waals surface area (Å²) in [7, 11) is 0. The van der Waals surface area contributed by atoms with E-state index in [2.05, 4.69) is 17.2 Å². The molecule has 236 valence electrons. The minimum Gasteiger partial charge on any atom is -0.481 e. The molecule has 4 atom stereocenters. The first kappa shape index (κ1) is 31.2. The maximum Gasteiger partial charge on any atom is 0.409 e. The first-order valence-corrected chi connectivity index (χ1v) is 15.6. The number of anilines is 1. The van der Waals surface area contributed by atoms with Crippen molar-refractivity contribution in [3.8, 4) is 11.4 Å². The Morgan fingerprint density at radius 3 is 2.25 bits per heavy atom. The zero-order valence-electron chi connectivity index (χ0n) is 25.6. The molecule has 2 saturated heterocycles. The maximum absolute atomic E-state index is 13.7. The molecule has 2 aliphatic heterocycles. The number of carboxylic acid groups (broad SMARTS) is 1. The molecule has 1 aromatic carbocycles. The van der Waals surface area contributed by atoms with Crippen LogP contribution in [0, 0.1) is 23.7 Å². The quantitative estimate of drug-likeness (QED) is 0.369. The normalized spacial score (nSPS) is 21.5. The van der Waals surface area contributed by atoms with Crippen LogP contribution in [0.3, 0.4) is 0 Å². The van der Waals surface area contributed by atoms with E-state index in [1.807, 2.05) is 49.1 Å². The highest BCUT2D eigenvalue weighted by atomic mass is 16.6. The highest BCUT2D eigenvalue weighted by Gasteiger charge is 2.60. The lowest BCUT2D eigenvalue weighted by atomic mass is 10.0. The van der Waals surface area contributed by atoms with E-state index in [0.717, 1.165) is 24.8 Å². The van der Waals surface area contributed by atoms with E-state index in [0.29, 0.717) is 57.5 Å². The predicted molar refractivity (Wildman–Crippen MR) is 163 cm³/mol. The molecule has 1 aromatic heterocycles. The molecule has 0 unspecified atom stereocenters. The number of piperazine rings is 1. The molecule has 3 heterocycles. The number of nitrogens with zero attached hydrogens (tertiary/aromatic N) is 5. The Kier molecular flexibility index (Phi) is 9.65. The van der Waals surface area contributed by atoms with Gasteiger partial charge in [-0.25, -0.2) is 14.8 Å². The Bertz CT molecular complexity index is 1350. The standard InChI is InChI=1S/C32H42N6O6/c1-4-5-9-16-44-32(43)37-14-12-36(13-15-37)30(40)27(20(2)3)35-29(39)24-17-25(34-28(33-24)21-10-7-6-8-11-21)38-18-22-23(19-38)26(22)31(41)42/h6-8,10-11,17,20,22-23,26-27H,4-5,9,12-16,18-19H2,1-3H3,(H,35,39)(H,41,42)/t22-,23+,26-,27-/m0/s1. The van der Waals surface area contributed by atoms with Crippen LogP contribution < -0.4 is 10.2 Å². The van der Waals surface area contributed by atoms with E-state index < -0.39 is 17.9 Å². The number of rotatable bonds is 11. The number of carbonyl (C=O) groups is 4. The van der Waals surface area contributed by atoms with Gasteiger partial charge in [0.15, 0.2) is 5.82 Å². The van der Waals surface area contributed by atoms with Crippen LogP contribution in [0.25, 0.3) is 11.4 Å². The summed E-state index contributed by atoms with van der Waals surface area (Å²) in [6, 6.07) is 10.2. The molecular weight excluding hydrogens is 564 g/mol. The Morgan fingerprint density at radius 1 is 0.977 bits per heavy atom. The molecule has 3 aliphatic rings. The van der Waals surface area contributed by atoms with Crippen LogP contribution in [-0.2, 0) is 14.3 Å². The van der Waals surface area contributed by atoms with Crippen LogP contribution in [0.4, 0.5) is 10.6 Å². The number of nitrogens with one attached hydrogen (secondary N) is 1. The first-order valence-electron chi connectivity index (χ1n) is 15.6. The van der Waals surface area contributed by atoms with Gasteiger partial charge in [0.2, 0.25) is 5.91 Å². The van der Waals surface area contributed by atoms with E-state index in [4.69, 9.17) is 9.72 Å². The minimum absolute atomic E-state index is 0.0752. The SMILES string of the molecule is CCCCCOC(=O)N1CCN(C(=O)[C@@H](NC(=O)c2cc(N3C[C@@H]4[C@H](C3)[C@@H]4C(=O)O)nc(-c3ccccc3)n2)C(C)C)CC1. The van der Waals surface area contributed by atoms with Gasteiger partial charge in [-0.2, -0.15) is 0 Å². The summed E-state index contributed by atoms with van der Waals surface area (Å²) in [4.78, 5) is 65.8. The first-order chi connectivity index (χ1) is 21.2. The van der Waals surface area contributed by atoms with Gasteiger partial charge in [0, 0.05) is 50.9 Å². The third-order valence-electron chi connectivity index (χ3n) is 8.82. The molecule has 12 heteroatoms. The van der Waals surface area contributed by atoms with Gasteiger partial charge in [-0.1, -0.05) is 63.9 Å². The molecule has 3 fully saturated rings. The van der Waals surface area contributed by atoms with Gasteiger partial charge in [0.05, 0.1) is 12.5 Å². The topological polar surface area (TPSA) is 145 Å². The number of carbonyl (C=O) groups excluding carboxylic acids is 3. The van der Waals surface area contributed by atoms with Gasteiger partial charge >= 0.3 is 12.1 Å². The number of carboxylic acids is 1. The zero-order chi connectivity index (χ0) is 31.4. The van der Waals surface area contributed by atoms with E-state index in [1.54, 1.807) is 15.9 Å². The van der Waals surface area contributed by atoms with Crippen molar-refractivity contribution < 1.29 is 29.0 Å². The summed E-state index contributed by atoms with van der Waals surface area (Å²) < 4.78 is 5.36. The van der Waals surface area contributed by atoms with Crippen molar-refractivity contribution in [1.82, 2.24) is 25.1 Å². The van der Waals surface area contributed by atoms with E-state index >= 15 is 0 Å². The highest BCUT2D eigenvalue weighted by Crippen LogP contribution is 2.52. The van der Waals surface area contributed by atoms with E-state index in [9.17, 15) is 24.3 Å². The summed E-state index contributed by atoms with van der Waals surface area (Å²) in [5, 5.41) is 12.3. The third kappa shape index (κ3) is 6.95. The van der Waals surface area contributed by atoms with Gasteiger partial charge in [0.25, 0.3) is 5.91 Å². The van der Waals surface area contributed by atoms with Crippen molar-refractivity contribution in [1.29, 1.82) is 0 Å². The Balaban J connectivity index is 1.26. The second kappa shape index (κ2) is 13.6. The van der Waals surface area contributed by atoms with Crippen molar-refractivity contribution >= 4 is 29.7 Å². The second-order valence-corrected chi connectivity index (χ2v) is 12.2. The van der Waals surface area contributed by atoms with Crippen molar-refractivity contribution in [2.75, 3.05) is 50.8 Å². The number of unbranched alkanes of at least 4 members (excludes halogenated alkanes) is 2. The number of aromatic nitrogens is 2. The molecule has 44 heavy (non-hydrogen) atoms. The minimum atomic E-state index is -0.788. The molecule has 2 N–H and O–H groups in total. The lowest BCUT2D eigenvalue weighted by Crippen LogP contribution is -2.57. The molecule has 1 aliphatic carbocycles. The van der Waals surface area contributed by atoms with Gasteiger partial charge in [-0.05, 0) is 24.2 Å². The zero-order valence-corrected chi connectivity index (χ0v) is 25.6. The fraction of sp³-hybridized carbons (Fsp3) is 0.562. The van der Waals surface area contributed by atoms with E-state index in [1.165, 1.54) is 0 Å². The largest absolute Gasteiger partial charge is 0.481 e. The van der Waals surface area contributed by atoms with Crippen molar-refractivity contribution in [3.63, 3.8) is 0 Å². The number of hydrogen-bond donors (Lipinski definition) is 2. The molecule has 3 amide bonds.